The van der Waals surface area contributed by atoms with E-state index in [2.05, 4.69) is 6.58 Å². The van der Waals surface area contributed by atoms with Gasteiger partial charge in [0.1, 0.15) is 0 Å². The van der Waals surface area contributed by atoms with Crippen LogP contribution in [-0.2, 0) is 0 Å². The highest BCUT2D eigenvalue weighted by atomic mass is 32.2. The minimum atomic E-state index is 0.118. The molecular formula is C5H12N2S. The van der Waals surface area contributed by atoms with Crippen molar-refractivity contribution in [2.45, 2.75) is 18.7 Å². The summed E-state index contributed by atoms with van der Waals surface area (Å²) in [6, 6.07) is 0. The van der Waals surface area contributed by atoms with Crippen molar-refractivity contribution in [1.82, 2.24) is 0 Å². The first-order valence-corrected chi connectivity index (χ1v) is 3.41. The van der Waals surface area contributed by atoms with Crippen molar-refractivity contribution in [3.8, 4) is 0 Å². The van der Waals surface area contributed by atoms with Crippen LogP contribution < -0.4 is 11.5 Å². The maximum absolute atomic E-state index is 5.50. The normalized spacial score (nSPS) is 13.2. The minimum absolute atomic E-state index is 0.118. The highest BCUT2D eigenvalue weighted by Gasteiger charge is 1.97. The Balaban J connectivity index is 3.24. The lowest BCUT2D eigenvalue weighted by Gasteiger charge is -2.05. The second kappa shape index (κ2) is 3.80. The van der Waals surface area contributed by atoms with Gasteiger partial charge in [0.05, 0.1) is 10.4 Å². The Morgan fingerprint density at radius 1 is 1.88 bits per heavy atom. The zero-order chi connectivity index (χ0) is 6.57. The summed E-state index contributed by atoms with van der Waals surface area (Å²) in [5.74, 6) is 0. The third kappa shape index (κ3) is 4.02. The summed E-state index contributed by atoms with van der Waals surface area (Å²) in [4.78, 5) is 0. The first-order valence-electron chi connectivity index (χ1n) is 2.53. The molecular weight excluding hydrogens is 120 g/mol. The molecule has 0 aliphatic carbocycles. The van der Waals surface area contributed by atoms with Crippen LogP contribution in [0.5, 0.6) is 0 Å². The molecule has 0 heterocycles. The molecule has 0 spiro atoms. The summed E-state index contributed by atoms with van der Waals surface area (Å²) in [5, 5.41) is 0.715. The molecule has 0 aromatic rings. The molecule has 0 saturated heterocycles. The molecule has 0 aliphatic heterocycles. The van der Waals surface area contributed by atoms with Crippen LogP contribution in [0.25, 0.3) is 0 Å². The Kier molecular flexibility index (Phi) is 3.73. The monoisotopic (exact) mass is 132 g/mol. The Hall–Kier alpha value is -0.150. The van der Waals surface area contributed by atoms with Gasteiger partial charge in [0.2, 0.25) is 0 Å². The van der Waals surface area contributed by atoms with Crippen LogP contribution >= 0.6 is 11.8 Å². The van der Waals surface area contributed by atoms with Crippen molar-refractivity contribution < 1.29 is 0 Å². The molecule has 0 amide bonds. The SMILES string of the molecule is C=C(N)SC(N)CC. The summed E-state index contributed by atoms with van der Waals surface area (Å²) in [6.45, 7) is 5.52. The summed E-state index contributed by atoms with van der Waals surface area (Å²) in [5.41, 5.74) is 10.8. The predicted octanol–water partition coefficient (Wildman–Crippen LogP) is 0.844. The fraction of sp³-hybridized carbons (Fsp3) is 0.600. The average Bonchev–Trinajstić information content (AvgIpc) is 1.65. The smallest absolute Gasteiger partial charge is 0.0597 e. The van der Waals surface area contributed by atoms with Gasteiger partial charge < -0.3 is 11.5 Å². The summed E-state index contributed by atoms with van der Waals surface area (Å²) < 4.78 is 0. The van der Waals surface area contributed by atoms with E-state index < -0.39 is 0 Å². The standard InChI is InChI=1S/C5H12N2S/c1-3-5(7)8-4(2)6/h5H,2-3,6-7H2,1H3. The second-order valence-electron chi connectivity index (χ2n) is 1.53. The zero-order valence-electron chi connectivity index (χ0n) is 5.05. The van der Waals surface area contributed by atoms with Gasteiger partial charge in [-0.2, -0.15) is 0 Å². The molecule has 4 N–H and O–H groups in total. The van der Waals surface area contributed by atoms with Crippen molar-refractivity contribution >= 4 is 11.8 Å². The topological polar surface area (TPSA) is 52.0 Å². The van der Waals surface area contributed by atoms with Gasteiger partial charge in [-0.1, -0.05) is 25.3 Å². The third-order valence-electron chi connectivity index (χ3n) is 0.705. The van der Waals surface area contributed by atoms with Crippen LogP contribution in [0.15, 0.2) is 11.6 Å². The first kappa shape index (κ1) is 7.85. The lowest BCUT2D eigenvalue weighted by atomic mass is 10.5. The molecule has 0 fully saturated rings. The molecule has 0 saturated carbocycles. The molecule has 8 heavy (non-hydrogen) atoms. The quantitative estimate of drug-likeness (QED) is 0.560. The molecule has 0 aromatic carbocycles. The molecule has 0 rings (SSSR count). The van der Waals surface area contributed by atoms with E-state index in [0.29, 0.717) is 5.03 Å². The van der Waals surface area contributed by atoms with E-state index >= 15 is 0 Å². The first-order chi connectivity index (χ1) is 3.66. The largest absolute Gasteiger partial charge is 0.394 e. The molecule has 0 aliphatic rings. The van der Waals surface area contributed by atoms with E-state index in [0.717, 1.165) is 6.42 Å². The molecule has 1 atom stereocenters. The third-order valence-corrected chi connectivity index (χ3v) is 1.64. The van der Waals surface area contributed by atoms with Crippen LogP contribution in [-0.4, -0.2) is 5.37 Å². The van der Waals surface area contributed by atoms with Gasteiger partial charge >= 0.3 is 0 Å². The average molecular weight is 132 g/mol. The number of thioether (sulfide) groups is 1. The molecule has 0 aromatic heterocycles. The molecule has 0 bridgehead atoms. The fourth-order valence-corrected chi connectivity index (χ4v) is 0.833. The van der Waals surface area contributed by atoms with Gasteiger partial charge in [0.25, 0.3) is 0 Å². The highest BCUT2D eigenvalue weighted by Crippen LogP contribution is 2.12. The Morgan fingerprint density at radius 2 is 2.38 bits per heavy atom. The van der Waals surface area contributed by atoms with Crippen LogP contribution in [0.3, 0.4) is 0 Å². The molecule has 0 radical (unpaired) electrons. The van der Waals surface area contributed by atoms with E-state index in [1.807, 2.05) is 6.92 Å². The Morgan fingerprint density at radius 3 is 2.50 bits per heavy atom. The lowest BCUT2D eigenvalue weighted by Crippen LogP contribution is -2.14. The molecule has 48 valence electrons. The van der Waals surface area contributed by atoms with Gasteiger partial charge in [-0.05, 0) is 6.42 Å². The van der Waals surface area contributed by atoms with Gasteiger partial charge in [-0.3, -0.25) is 0 Å². The van der Waals surface area contributed by atoms with Crippen molar-refractivity contribution in [2.24, 2.45) is 11.5 Å². The molecule has 2 nitrogen and oxygen atoms in total. The van der Waals surface area contributed by atoms with E-state index in [1.54, 1.807) is 0 Å². The summed E-state index contributed by atoms with van der Waals surface area (Å²) in [6.07, 6.45) is 0.931. The van der Waals surface area contributed by atoms with Crippen LogP contribution in [0.4, 0.5) is 0 Å². The van der Waals surface area contributed by atoms with E-state index in [4.69, 9.17) is 11.5 Å². The Bertz CT molecular complexity index is 82.5. The van der Waals surface area contributed by atoms with E-state index in [1.165, 1.54) is 11.8 Å². The van der Waals surface area contributed by atoms with Gasteiger partial charge in [0.15, 0.2) is 0 Å². The maximum Gasteiger partial charge on any atom is 0.0597 e. The van der Waals surface area contributed by atoms with Crippen molar-refractivity contribution in [3.05, 3.63) is 11.6 Å². The van der Waals surface area contributed by atoms with Crippen molar-refractivity contribution in [1.29, 1.82) is 0 Å². The number of hydrogen-bond acceptors (Lipinski definition) is 3. The summed E-state index contributed by atoms with van der Waals surface area (Å²) >= 11 is 1.42. The minimum Gasteiger partial charge on any atom is -0.394 e. The fourth-order valence-electron chi connectivity index (χ4n) is 0.278. The van der Waals surface area contributed by atoms with Crippen LogP contribution in [0.2, 0.25) is 0 Å². The van der Waals surface area contributed by atoms with E-state index in [9.17, 15) is 0 Å². The van der Waals surface area contributed by atoms with Gasteiger partial charge in [0, 0.05) is 0 Å². The maximum atomic E-state index is 5.50. The van der Waals surface area contributed by atoms with Crippen LogP contribution in [0.1, 0.15) is 13.3 Å². The predicted molar refractivity (Wildman–Crippen MR) is 39.2 cm³/mol. The van der Waals surface area contributed by atoms with Gasteiger partial charge in [-0.25, -0.2) is 0 Å². The summed E-state index contributed by atoms with van der Waals surface area (Å²) in [7, 11) is 0. The molecule has 1 unspecified atom stereocenters. The van der Waals surface area contributed by atoms with Crippen LogP contribution in [0, 0.1) is 0 Å². The number of nitrogens with two attached hydrogens (primary N) is 2. The highest BCUT2D eigenvalue weighted by molar-refractivity contribution is 8.03. The molecule has 3 heteroatoms. The van der Waals surface area contributed by atoms with E-state index in [-0.39, 0.29) is 5.37 Å². The number of hydrogen-bond donors (Lipinski definition) is 2. The van der Waals surface area contributed by atoms with Gasteiger partial charge in [-0.15, -0.1) is 0 Å². The lowest BCUT2D eigenvalue weighted by molar-refractivity contribution is 0.871. The number of rotatable bonds is 3. The van der Waals surface area contributed by atoms with Crippen molar-refractivity contribution in [3.63, 3.8) is 0 Å². The van der Waals surface area contributed by atoms with Crippen molar-refractivity contribution in [2.75, 3.05) is 0 Å². The Labute approximate surface area is 54.3 Å². The zero-order valence-corrected chi connectivity index (χ0v) is 5.87. The second-order valence-corrected chi connectivity index (χ2v) is 2.90.